The van der Waals surface area contributed by atoms with E-state index in [1.807, 2.05) is 0 Å². The predicted molar refractivity (Wildman–Crippen MR) is 270 cm³/mol. The van der Waals surface area contributed by atoms with Gasteiger partial charge in [0.15, 0.2) is 0 Å². The van der Waals surface area contributed by atoms with Crippen LogP contribution in [-0.2, 0) is 89.5 Å². The van der Waals surface area contributed by atoms with Crippen LogP contribution in [0.2, 0.25) is 0 Å². The molecule has 89 heavy (non-hydrogen) atoms. The third-order valence-electron chi connectivity index (χ3n) is 11.4. The van der Waals surface area contributed by atoms with Crippen LogP contribution in [0.5, 0.6) is 11.5 Å². The van der Waals surface area contributed by atoms with Gasteiger partial charge in [0.2, 0.25) is 5.91 Å². The summed E-state index contributed by atoms with van der Waals surface area (Å²) in [7, 11) is -26.8. The number of benzene rings is 7. The normalized spacial score (nSPS) is 11.9. The van der Waals surface area contributed by atoms with Gasteiger partial charge >= 0.3 is 182 Å². The van der Waals surface area contributed by atoms with Gasteiger partial charge in [-0.2, -0.15) is 10.2 Å². The van der Waals surface area contributed by atoms with Gasteiger partial charge in [0.05, 0.1) is 58.9 Å². The summed E-state index contributed by atoms with van der Waals surface area (Å²) in [6.45, 7) is 2.41. The number of nitrogens with zero attached hydrogens (tertiary/aromatic N) is 8. The standard InChI is InChI=1S/C47H35N9O21S5.2Cu.5Na/c1-22-42(52-50-36-14-11-31(79(66,67)68)20-35(36)47(61)62)46(60)56(55-22)29-9-6-25(40(18-29)81(72,73)74)4-3-24-5-7-28(17-39(24)80(69,70)71)49-51-37-21-38(58)43(33-13-10-30(19-34(33)37)78(63,64)65)53-54-44-41(82(75,76)77)16-26-15-27(48-23(2)57)8-12-32(26)45(44)59;;;;;;;/h3-21H,1-2H3,(H10,48,49,50,51,52,53,54,55,57,58,59,60,61,62,63,64,65,66,67,68,69,70,71,72,73,74,75,76,77);;;;;;;/q;2*+2;5*+1/p-9. The number of rotatable bonds is 16. The minimum absolute atomic E-state index is 0. The van der Waals surface area contributed by atoms with Gasteiger partial charge in [-0.05, 0) is 101 Å². The summed E-state index contributed by atoms with van der Waals surface area (Å²) in [6, 6.07) is 14.9. The molecule has 1 heterocycles. The average Bonchev–Trinajstić information content (AvgIpc) is 2.36. The monoisotopic (exact) mass is 1450 g/mol. The van der Waals surface area contributed by atoms with Crippen LogP contribution in [0, 0.1) is 6.92 Å². The molecular formula is C47H26Cu2N9Na5O21S5. The minimum Gasteiger partial charge on any atom is -0.871 e. The van der Waals surface area contributed by atoms with E-state index in [0.717, 1.165) is 72.8 Å². The molecule has 0 aliphatic rings. The SMILES string of the molecule is CC(=O)Nc1ccc2c([O-])c(N=Nc3c([O-])cc(N=Nc4ccc(C=Cc5ccc(-n6[n-]c(C)c(N=Nc7ccc(S(=O)(=O)[O-])cc7C(=O)[O-])c6=O)cc5S(=O)(=O)[O-])c(S(=O)(=O)[O-])c4)c4cc(S(=O)(=O)[O-])ccc34)c(S(=O)(=O)[O-])cc2c1.[Cu+2].[Cu+2].[Na+].[Na+].[Na+].[Na+].[Na+]. The summed E-state index contributed by atoms with van der Waals surface area (Å²) in [5.41, 5.74) is -7.16. The van der Waals surface area contributed by atoms with Crippen LogP contribution in [0.1, 0.15) is 34.1 Å². The summed E-state index contributed by atoms with van der Waals surface area (Å²) in [5.74, 6) is -4.77. The molecular weight excluding hydrogens is 1430 g/mol. The molecule has 0 saturated carbocycles. The molecule has 42 heteroatoms. The van der Waals surface area contributed by atoms with E-state index in [1.54, 1.807) is 0 Å². The fraction of sp³-hybridized carbons (Fsp3) is 0.0426. The van der Waals surface area contributed by atoms with E-state index in [1.165, 1.54) is 32.0 Å². The van der Waals surface area contributed by atoms with E-state index in [0.29, 0.717) is 28.9 Å². The largest absolute Gasteiger partial charge is 2.00 e. The van der Waals surface area contributed by atoms with Crippen molar-refractivity contribution in [2.45, 2.75) is 38.3 Å². The van der Waals surface area contributed by atoms with Crippen LogP contribution in [0.15, 0.2) is 163 Å². The number of aromatic nitrogens is 2. The van der Waals surface area contributed by atoms with Crippen molar-refractivity contribution >= 4 is 136 Å². The fourth-order valence-electron chi connectivity index (χ4n) is 7.74. The first-order valence-electron chi connectivity index (χ1n) is 22.1. The van der Waals surface area contributed by atoms with E-state index in [9.17, 15) is 94.6 Å². The maximum Gasteiger partial charge on any atom is 2.00 e. The quantitative estimate of drug-likeness (QED) is 0.0406. The Balaban J connectivity index is 0.00000566. The van der Waals surface area contributed by atoms with Gasteiger partial charge in [-0.1, -0.05) is 54.8 Å². The molecule has 0 fully saturated rings. The fourth-order valence-corrected chi connectivity index (χ4v) is 10.8. The molecule has 0 aliphatic carbocycles. The molecule has 0 aliphatic heterocycles. The molecule has 7 aromatic carbocycles. The average molecular weight is 1460 g/mol. The van der Waals surface area contributed by atoms with E-state index in [4.69, 9.17) is 0 Å². The van der Waals surface area contributed by atoms with E-state index in [-0.39, 0.29) is 221 Å². The number of carbonyl (C=O) groups is 2. The van der Waals surface area contributed by atoms with E-state index < -0.39 is 155 Å². The Labute approximate surface area is 635 Å². The zero-order chi connectivity index (χ0) is 60.2. The van der Waals surface area contributed by atoms with Crippen LogP contribution in [-0.4, -0.2) is 81.4 Å². The van der Waals surface area contributed by atoms with Crippen molar-refractivity contribution in [3.05, 3.63) is 136 Å². The van der Waals surface area contributed by atoms with Crippen molar-refractivity contribution in [2.24, 2.45) is 30.7 Å². The number of aryl methyl sites for hydroxylation is 1. The first kappa shape index (κ1) is 83.8. The number of carbonyl (C=O) groups excluding carboxylic acids is 2. The van der Waals surface area contributed by atoms with Gasteiger partial charge in [-0.15, -0.1) is 26.2 Å². The van der Waals surface area contributed by atoms with E-state index >= 15 is 0 Å². The molecule has 30 nitrogen and oxygen atoms in total. The van der Waals surface area contributed by atoms with Gasteiger partial charge < -0.3 is 58.0 Å². The second-order valence-electron chi connectivity index (χ2n) is 16.9. The number of hydrogen-bond acceptors (Lipinski definition) is 27. The molecule has 0 atom stereocenters. The Bertz CT molecular complexity index is 4930. The second-order valence-corrected chi connectivity index (χ2v) is 23.7. The number of anilines is 1. The number of azo groups is 3. The summed E-state index contributed by atoms with van der Waals surface area (Å²) in [5, 5.41) is 66.7. The zero-order valence-electron chi connectivity index (χ0n) is 46.3. The maximum atomic E-state index is 13.6. The van der Waals surface area contributed by atoms with Gasteiger partial charge in [-0.25, -0.2) is 42.1 Å². The second kappa shape index (κ2) is 32.7. The number of aromatic carboxylic acids is 1. The molecule has 0 unspecified atom stereocenters. The van der Waals surface area contributed by atoms with Crippen LogP contribution < -0.4 is 179 Å². The third-order valence-corrected chi connectivity index (χ3v) is 15.7. The molecule has 1 N–H and O–H groups in total. The molecule has 1 amide bonds. The Kier molecular flexibility index (Phi) is 30.8. The number of nitrogens with one attached hydrogen (secondary N) is 1. The summed E-state index contributed by atoms with van der Waals surface area (Å²) < 4.78 is 184. The predicted octanol–water partition coefficient (Wildman–Crippen LogP) is -11.2. The Morgan fingerprint density at radius 3 is 1.61 bits per heavy atom. The van der Waals surface area contributed by atoms with Gasteiger partial charge in [-0.3, -0.25) is 9.59 Å². The van der Waals surface area contributed by atoms with Crippen molar-refractivity contribution in [3.63, 3.8) is 0 Å². The number of carboxylic acid groups (broad SMARTS) is 1. The van der Waals surface area contributed by atoms with Gasteiger partial charge in [0.1, 0.15) is 56.3 Å². The summed E-state index contributed by atoms with van der Waals surface area (Å²) in [4.78, 5) is 31.6. The van der Waals surface area contributed by atoms with Gasteiger partial charge in [0, 0.05) is 34.6 Å². The molecule has 0 saturated heterocycles. The Morgan fingerprint density at radius 2 is 1.04 bits per heavy atom. The molecule has 8 rings (SSSR count). The molecule has 0 bridgehead atoms. The maximum absolute atomic E-state index is 13.6. The topological polar surface area (TPSA) is 512 Å². The zero-order valence-corrected chi connectivity index (χ0v) is 62.2. The summed E-state index contributed by atoms with van der Waals surface area (Å²) >= 11 is 0. The smallest absolute Gasteiger partial charge is 0.871 e. The number of amides is 1. The molecule has 0 spiro atoms. The minimum atomic E-state index is -5.50. The molecule has 442 valence electrons. The number of carboxylic acids is 1. The molecule has 2 radical (unpaired) electrons. The van der Waals surface area contributed by atoms with Crippen LogP contribution in [0.4, 0.5) is 39.8 Å². The van der Waals surface area contributed by atoms with Crippen molar-refractivity contribution in [2.75, 3.05) is 5.32 Å². The first-order chi connectivity index (χ1) is 38.1. The Hall–Kier alpha value is -3.26. The molecule has 1 aromatic heterocycles. The van der Waals surface area contributed by atoms with Crippen LogP contribution in [0.3, 0.4) is 0 Å². The molecule has 8 aromatic rings. The summed E-state index contributed by atoms with van der Waals surface area (Å²) in [6.07, 6.45) is 1.79. The first-order valence-corrected chi connectivity index (χ1v) is 29.1. The van der Waals surface area contributed by atoms with Gasteiger partial charge in [0.25, 0.3) is 5.56 Å². The van der Waals surface area contributed by atoms with Crippen molar-refractivity contribution in [1.82, 2.24) is 9.78 Å². The third kappa shape index (κ3) is 19.7. The number of hydrogen-bond donors (Lipinski definition) is 1. The van der Waals surface area contributed by atoms with Crippen LogP contribution in [0.25, 0.3) is 39.4 Å². The van der Waals surface area contributed by atoms with Crippen molar-refractivity contribution in [1.29, 1.82) is 0 Å². The number of fused-ring (bicyclic) bond motifs is 2. The van der Waals surface area contributed by atoms with Crippen molar-refractivity contribution < 1.29 is 272 Å². The van der Waals surface area contributed by atoms with Crippen molar-refractivity contribution in [3.8, 4) is 17.2 Å². The van der Waals surface area contributed by atoms with E-state index in [2.05, 4.69) is 41.1 Å². The van der Waals surface area contributed by atoms with Crippen LogP contribution >= 0.6 is 0 Å². The Morgan fingerprint density at radius 1 is 0.528 bits per heavy atom.